The second kappa shape index (κ2) is 3.64. The van der Waals surface area contributed by atoms with Crippen LogP contribution in [0.1, 0.15) is 29.6 Å². The Kier molecular flexibility index (Phi) is 2.07. The predicted octanol–water partition coefficient (Wildman–Crippen LogP) is 3.46. The van der Waals surface area contributed by atoms with Crippen molar-refractivity contribution < 1.29 is 4.79 Å². The van der Waals surface area contributed by atoms with Crippen LogP contribution in [-0.2, 0) is 0 Å². The van der Waals surface area contributed by atoms with Crippen LogP contribution in [0.15, 0.2) is 36.5 Å². The second-order valence-electron chi connectivity index (χ2n) is 5.52. The number of benzene rings is 1. The molecule has 0 aliphatic heterocycles. The van der Waals surface area contributed by atoms with Crippen molar-refractivity contribution in [2.75, 3.05) is 0 Å². The lowest BCUT2D eigenvalue weighted by atomic mass is 9.98. The first-order valence-corrected chi connectivity index (χ1v) is 6.74. The molecule has 0 N–H and O–H groups in total. The Bertz CT molecular complexity index is 619. The molecule has 2 saturated carbocycles. The van der Waals surface area contributed by atoms with E-state index in [4.69, 9.17) is 0 Å². The van der Waals surface area contributed by atoms with E-state index in [2.05, 4.69) is 4.98 Å². The molecule has 0 bridgehead atoms. The largest absolute Gasteiger partial charge is 0.294 e. The van der Waals surface area contributed by atoms with Gasteiger partial charge in [-0.1, -0.05) is 24.6 Å². The maximum atomic E-state index is 12.6. The topological polar surface area (TPSA) is 30.0 Å². The summed E-state index contributed by atoms with van der Waals surface area (Å²) in [5, 5.41) is 1.01. The molecule has 2 aliphatic carbocycles. The quantitative estimate of drug-likeness (QED) is 0.749. The fourth-order valence-corrected chi connectivity index (χ4v) is 3.71. The molecule has 2 fully saturated rings. The highest BCUT2D eigenvalue weighted by molar-refractivity contribution is 6.09. The predicted molar refractivity (Wildman–Crippen MR) is 70.4 cm³/mol. The number of hydrogen-bond donors (Lipinski definition) is 0. The van der Waals surface area contributed by atoms with Gasteiger partial charge in [0.2, 0.25) is 0 Å². The summed E-state index contributed by atoms with van der Waals surface area (Å²) < 4.78 is 0. The Morgan fingerprint density at radius 2 is 1.94 bits per heavy atom. The molecule has 0 spiro atoms. The van der Waals surface area contributed by atoms with E-state index in [0.29, 0.717) is 23.5 Å². The number of nitrogens with zero attached hydrogens (tertiary/aromatic N) is 1. The zero-order valence-electron chi connectivity index (χ0n) is 10.2. The molecule has 2 aliphatic rings. The number of carbonyl (C=O) groups is 1. The molecule has 1 aromatic carbocycles. The fourth-order valence-electron chi connectivity index (χ4n) is 3.71. The van der Waals surface area contributed by atoms with E-state index in [1.165, 1.54) is 19.3 Å². The zero-order chi connectivity index (χ0) is 12.1. The van der Waals surface area contributed by atoms with E-state index < -0.39 is 0 Å². The summed E-state index contributed by atoms with van der Waals surface area (Å²) in [5.74, 6) is 2.03. The molecule has 2 heteroatoms. The second-order valence-corrected chi connectivity index (χ2v) is 5.52. The van der Waals surface area contributed by atoms with Gasteiger partial charge in [0.25, 0.3) is 0 Å². The minimum Gasteiger partial charge on any atom is -0.294 e. The molecule has 1 heterocycles. The average molecular weight is 237 g/mol. The Labute approximate surface area is 106 Å². The first-order chi connectivity index (χ1) is 8.86. The summed E-state index contributed by atoms with van der Waals surface area (Å²) in [6, 6.07) is 9.79. The van der Waals surface area contributed by atoms with E-state index in [-0.39, 0.29) is 0 Å². The number of ketones is 1. The van der Waals surface area contributed by atoms with Crippen LogP contribution in [0.3, 0.4) is 0 Å². The first-order valence-electron chi connectivity index (χ1n) is 6.74. The number of aromatic nitrogens is 1. The van der Waals surface area contributed by atoms with Gasteiger partial charge in [-0.05, 0) is 36.8 Å². The van der Waals surface area contributed by atoms with Crippen LogP contribution in [0.2, 0.25) is 0 Å². The van der Waals surface area contributed by atoms with Gasteiger partial charge in [-0.25, -0.2) is 0 Å². The molecule has 18 heavy (non-hydrogen) atoms. The third-order valence-corrected chi connectivity index (χ3v) is 4.62. The van der Waals surface area contributed by atoms with Crippen molar-refractivity contribution in [3.05, 3.63) is 42.1 Å². The zero-order valence-corrected chi connectivity index (χ0v) is 10.2. The third-order valence-electron chi connectivity index (χ3n) is 4.62. The normalized spacial score (nSPS) is 29.2. The number of pyridine rings is 1. The standard InChI is InChI=1S/C16H15NO/c18-16(15-11-4-1-5-12(11)15)13-6-2-8-14-10(13)7-3-9-17-14/h2-3,6-9,11-12,15H,1,4-5H2. The number of fused-ring (bicyclic) bond motifs is 2. The molecule has 2 atom stereocenters. The maximum absolute atomic E-state index is 12.6. The molecule has 1 aromatic heterocycles. The molecule has 0 saturated heterocycles. The van der Waals surface area contributed by atoms with Gasteiger partial charge in [-0.15, -0.1) is 0 Å². The smallest absolute Gasteiger partial charge is 0.167 e. The lowest BCUT2D eigenvalue weighted by Crippen LogP contribution is -2.07. The van der Waals surface area contributed by atoms with E-state index in [9.17, 15) is 4.79 Å². The Morgan fingerprint density at radius 3 is 2.78 bits per heavy atom. The van der Waals surface area contributed by atoms with Crippen molar-refractivity contribution in [3.63, 3.8) is 0 Å². The van der Waals surface area contributed by atoms with Crippen molar-refractivity contribution in [3.8, 4) is 0 Å². The minimum atomic E-state index is 0.310. The third kappa shape index (κ3) is 1.35. The number of Topliss-reactive ketones (excluding diaryl/α,β-unsaturated/α-hetero) is 1. The maximum Gasteiger partial charge on any atom is 0.167 e. The number of rotatable bonds is 2. The van der Waals surface area contributed by atoms with Gasteiger partial charge in [0, 0.05) is 23.1 Å². The van der Waals surface area contributed by atoms with Gasteiger partial charge in [0.1, 0.15) is 0 Å². The van der Waals surface area contributed by atoms with Gasteiger partial charge >= 0.3 is 0 Å². The summed E-state index contributed by atoms with van der Waals surface area (Å²) in [7, 11) is 0. The molecule has 90 valence electrons. The van der Waals surface area contributed by atoms with Crippen molar-refractivity contribution in [2.24, 2.45) is 17.8 Å². The van der Waals surface area contributed by atoms with Gasteiger partial charge in [-0.3, -0.25) is 9.78 Å². The Balaban J connectivity index is 1.76. The lowest BCUT2D eigenvalue weighted by Gasteiger charge is -2.06. The lowest BCUT2D eigenvalue weighted by molar-refractivity contribution is 0.0953. The van der Waals surface area contributed by atoms with E-state index in [1.807, 2.05) is 30.3 Å². The van der Waals surface area contributed by atoms with Crippen LogP contribution in [0.5, 0.6) is 0 Å². The minimum absolute atomic E-state index is 0.310. The van der Waals surface area contributed by atoms with Crippen LogP contribution in [0, 0.1) is 17.8 Å². The van der Waals surface area contributed by atoms with Crippen LogP contribution in [0.4, 0.5) is 0 Å². The average Bonchev–Trinajstić information content (AvgIpc) is 2.90. The van der Waals surface area contributed by atoms with Gasteiger partial charge in [-0.2, -0.15) is 0 Å². The summed E-state index contributed by atoms with van der Waals surface area (Å²) in [5.41, 5.74) is 1.80. The Morgan fingerprint density at radius 1 is 1.11 bits per heavy atom. The van der Waals surface area contributed by atoms with Gasteiger partial charge in [0.15, 0.2) is 5.78 Å². The summed E-state index contributed by atoms with van der Waals surface area (Å²) in [6.45, 7) is 0. The van der Waals surface area contributed by atoms with Crippen molar-refractivity contribution >= 4 is 16.7 Å². The first kappa shape index (κ1) is 10.2. The van der Waals surface area contributed by atoms with Crippen LogP contribution in [-0.4, -0.2) is 10.8 Å². The van der Waals surface area contributed by atoms with Gasteiger partial charge < -0.3 is 0 Å². The molecular weight excluding hydrogens is 222 g/mol. The number of hydrogen-bond acceptors (Lipinski definition) is 2. The van der Waals surface area contributed by atoms with Crippen LogP contribution < -0.4 is 0 Å². The molecule has 0 radical (unpaired) electrons. The highest BCUT2D eigenvalue weighted by atomic mass is 16.1. The highest BCUT2D eigenvalue weighted by Crippen LogP contribution is 2.58. The number of carbonyl (C=O) groups excluding carboxylic acids is 1. The molecule has 0 amide bonds. The fraction of sp³-hybridized carbons (Fsp3) is 0.375. The summed E-state index contributed by atoms with van der Waals surface area (Å²) >= 11 is 0. The van der Waals surface area contributed by atoms with Gasteiger partial charge in [0.05, 0.1) is 5.52 Å². The van der Waals surface area contributed by atoms with E-state index in [0.717, 1.165) is 16.5 Å². The van der Waals surface area contributed by atoms with Crippen molar-refractivity contribution in [1.29, 1.82) is 0 Å². The molecule has 4 rings (SSSR count). The van der Waals surface area contributed by atoms with E-state index >= 15 is 0 Å². The van der Waals surface area contributed by atoms with Crippen molar-refractivity contribution in [2.45, 2.75) is 19.3 Å². The SMILES string of the molecule is O=C(c1cccc2ncccc12)C1C2CCCC21. The molecule has 2 aromatic rings. The highest BCUT2D eigenvalue weighted by Gasteiger charge is 2.56. The van der Waals surface area contributed by atoms with Crippen LogP contribution >= 0.6 is 0 Å². The molecule has 2 unspecified atom stereocenters. The van der Waals surface area contributed by atoms with Crippen molar-refractivity contribution in [1.82, 2.24) is 4.98 Å². The Hall–Kier alpha value is -1.70. The monoisotopic (exact) mass is 237 g/mol. The molecule has 2 nitrogen and oxygen atoms in total. The van der Waals surface area contributed by atoms with Crippen LogP contribution in [0.25, 0.3) is 10.9 Å². The molecular formula is C16H15NO. The summed E-state index contributed by atoms with van der Waals surface area (Å²) in [4.78, 5) is 16.9. The van der Waals surface area contributed by atoms with E-state index in [1.54, 1.807) is 6.20 Å². The summed E-state index contributed by atoms with van der Waals surface area (Å²) in [6.07, 6.45) is 5.60.